The van der Waals surface area contributed by atoms with E-state index in [0.717, 1.165) is 5.56 Å². The van der Waals surface area contributed by atoms with Gasteiger partial charge in [0.2, 0.25) is 5.91 Å². The Morgan fingerprint density at radius 2 is 2.00 bits per heavy atom. The molecular formula is C20H22FN3O2. The zero-order chi connectivity index (χ0) is 18.5. The maximum atomic E-state index is 13.4. The fourth-order valence-electron chi connectivity index (χ4n) is 3.09. The Labute approximate surface area is 152 Å². The highest BCUT2D eigenvalue weighted by atomic mass is 19.1. The molecule has 1 fully saturated rings. The number of nitrogens with one attached hydrogen (secondary N) is 1. The average molecular weight is 355 g/mol. The Balaban J connectivity index is 1.61. The summed E-state index contributed by atoms with van der Waals surface area (Å²) in [5.74, 6) is -0.505. The first-order valence-corrected chi connectivity index (χ1v) is 8.72. The van der Waals surface area contributed by atoms with Crippen LogP contribution >= 0.6 is 0 Å². The number of amides is 3. The summed E-state index contributed by atoms with van der Waals surface area (Å²) in [7, 11) is 0. The molecule has 1 aliphatic rings. The van der Waals surface area contributed by atoms with Crippen molar-refractivity contribution in [3.05, 3.63) is 66.0 Å². The van der Waals surface area contributed by atoms with Gasteiger partial charge >= 0.3 is 6.03 Å². The summed E-state index contributed by atoms with van der Waals surface area (Å²) in [6.45, 7) is 3.34. The lowest BCUT2D eigenvalue weighted by molar-refractivity contribution is -0.117. The maximum absolute atomic E-state index is 13.4. The van der Waals surface area contributed by atoms with Crippen molar-refractivity contribution < 1.29 is 14.0 Å². The van der Waals surface area contributed by atoms with Gasteiger partial charge in [0.15, 0.2) is 0 Å². The molecule has 1 heterocycles. The fraction of sp³-hybridized carbons (Fsp3) is 0.300. The van der Waals surface area contributed by atoms with Crippen molar-refractivity contribution in [3.8, 4) is 0 Å². The lowest BCUT2D eigenvalue weighted by Crippen LogP contribution is -2.45. The van der Waals surface area contributed by atoms with Crippen molar-refractivity contribution in [2.75, 3.05) is 18.0 Å². The molecule has 26 heavy (non-hydrogen) atoms. The Hall–Kier alpha value is -2.89. The van der Waals surface area contributed by atoms with E-state index in [4.69, 9.17) is 0 Å². The monoisotopic (exact) mass is 355 g/mol. The number of nitrogens with zero attached hydrogens (tertiary/aromatic N) is 2. The minimum Gasteiger partial charge on any atom is -0.333 e. The standard InChI is InChI=1S/C20H22FN3O2/c1-2-23(13-15-7-4-3-5-8-15)20(26)22-17-12-19(25)24(14-17)18-10-6-9-16(21)11-18/h3-11,17H,2,12-14H2,1H3,(H,22,26). The SMILES string of the molecule is CCN(Cc1ccccc1)C(=O)NC1CC(=O)N(c2cccc(F)c2)C1. The Bertz CT molecular complexity index is 782. The van der Waals surface area contributed by atoms with Gasteiger partial charge < -0.3 is 15.1 Å². The van der Waals surface area contributed by atoms with Gasteiger partial charge in [-0.3, -0.25) is 4.79 Å². The highest BCUT2D eigenvalue weighted by Crippen LogP contribution is 2.22. The van der Waals surface area contributed by atoms with Crippen LogP contribution in [0.3, 0.4) is 0 Å². The summed E-state index contributed by atoms with van der Waals surface area (Å²) >= 11 is 0. The molecule has 3 amide bonds. The Kier molecular flexibility index (Phi) is 5.51. The summed E-state index contributed by atoms with van der Waals surface area (Å²) in [5.41, 5.74) is 1.57. The van der Waals surface area contributed by atoms with E-state index in [0.29, 0.717) is 25.3 Å². The molecule has 5 nitrogen and oxygen atoms in total. The molecule has 1 aliphatic heterocycles. The third kappa shape index (κ3) is 4.20. The summed E-state index contributed by atoms with van der Waals surface area (Å²) in [6.07, 6.45) is 0.213. The van der Waals surface area contributed by atoms with Crippen molar-refractivity contribution in [3.63, 3.8) is 0 Å². The molecule has 0 spiro atoms. The molecule has 1 saturated heterocycles. The molecule has 0 aliphatic carbocycles. The van der Waals surface area contributed by atoms with Crippen molar-refractivity contribution in [2.24, 2.45) is 0 Å². The number of hydrogen-bond donors (Lipinski definition) is 1. The van der Waals surface area contributed by atoms with Crippen LogP contribution in [-0.2, 0) is 11.3 Å². The second-order valence-corrected chi connectivity index (χ2v) is 6.33. The van der Waals surface area contributed by atoms with Crippen LogP contribution in [0.2, 0.25) is 0 Å². The average Bonchev–Trinajstić information content (AvgIpc) is 3.00. The molecule has 3 rings (SSSR count). The summed E-state index contributed by atoms with van der Waals surface area (Å²) < 4.78 is 13.4. The number of carbonyl (C=O) groups excluding carboxylic acids is 2. The van der Waals surface area contributed by atoms with Gasteiger partial charge in [0.25, 0.3) is 0 Å². The van der Waals surface area contributed by atoms with Crippen LogP contribution in [0.4, 0.5) is 14.9 Å². The third-order valence-electron chi connectivity index (χ3n) is 4.46. The van der Waals surface area contributed by atoms with Gasteiger partial charge in [-0.25, -0.2) is 9.18 Å². The smallest absolute Gasteiger partial charge is 0.317 e. The first-order chi connectivity index (χ1) is 12.6. The largest absolute Gasteiger partial charge is 0.333 e. The number of rotatable bonds is 5. The van der Waals surface area contributed by atoms with E-state index in [1.807, 2.05) is 37.3 Å². The summed E-state index contributed by atoms with van der Waals surface area (Å²) in [6, 6.07) is 15.2. The lowest BCUT2D eigenvalue weighted by atomic mass is 10.2. The van der Waals surface area contributed by atoms with Crippen molar-refractivity contribution in [2.45, 2.75) is 25.9 Å². The summed E-state index contributed by atoms with van der Waals surface area (Å²) in [4.78, 5) is 28.0. The Morgan fingerprint density at radius 3 is 2.69 bits per heavy atom. The van der Waals surface area contributed by atoms with E-state index in [1.54, 1.807) is 17.0 Å². The third-order valence-corrected chi connectivity index (χ3v) is 4.46. The normalized spacial score (nSPS) is 16.6. The Morgan fingerprint density at radius 1 is 1.23 bits per heavy atom. The van der Waals surface area contributed by atoms with Crippen LogP contribution in [0.25, 0.3) is 0 Å². The van der Waals surface area contributed by atoms with E-state index >= 15 is 0 Å². The lowest BCUT2D eigenvalue weighted by Gasteiger charge is -2.24. The van der Waals surface area contributed by atoms with E-state index in [1.165, 1.54) is 17.0 Å². The highest BCUT2D eigenvalue weighted by molar-refractivity contribution is 5.96. The quantitative estimate of drug-likeness (QED) is 0.896. The molecule has 1 unspecified atom stereocenters. The van der Waals surface area contributed by atoms with Gasteiger partial charge in [-0.1, -0.05) is 36.4 Å². The van der Waals surface area contributed by atoms with Gasteiger partial charge in [0.05, 0.1) is 6.04 Å². The van der Waals surface area contributed by atoms with Crippen LogP contribution in [0.1, 0.15) is 18.9 Å². The minimum absolute atomic E-state index is 0.119. The topological polar surface area (TPSA) is 52.7 Å². The highest BCUT2D eigenvalue weighted by Gasteiger charge is 2.32. The minimum atomic E-state index is -0.386. The predicted molar refractivity (Wildman–Crippen MR) is 98.2 cm³/mol. The number of carbonyl (C=O) groups is 2. The molecule has 2 aromatic rings. The number of benzene rings is 2. The van der Waals surface area contributed by atoms with E-state index in [9.17, 15) is 14.0 Å². The van der Waals surface area contributed by atoms with E-state index in [2.05, 4.69) is 5.32 Å². The van der Waals surface area contributed by atoms with Crippen molar-refractivity contribution in [1.82, 2.24) is 10.2 Å². The molecule has 1 N–H and O–H groups in total. The van der Waals surface area contributed by atoms with Gasteiger partial charge in [0, 0.05) is 31.7 Å². The number of anilines is 1. The van der Waals surface area contributed by atoms with Crippen molar-refractivity contribution >= 4 is 17.6 Å². The van der Waals surface area contributed by atoms with Gasteiger partial charge in [0.1, 0.15) is 5.82 Å². The maximum Gasteiger partial charge on any atom is 0.317 e. The predicted octanol–water partition coefficient (Wildman–Crippen LogP) is 3.16. The van der Waals surface area contributed by atoms with Gasteiger partial charge in [-0.2, -0.15) is 0 Å². The first-order valence-electron chi connectivity index (χ1n) is 8.72. The molecular weight excluding hydrogens is 333 g/mol. The number of urea groups is 1. The zero-order valence-corrected chi connectivity index (χ0v) is 14.7. The van der Waals surface area contributed by atoms with E-state index < -0.39 is 0 Å². The summed E-state index contributed by atoms with van der Waals surface area (Å²) in [5, 5.41) is 2.93. The molecule has 136 valence electrons. The molecule has 0 radical (unpaired) electrons. The van der Waals surface area contributed by atoms with Crippen LogP contribution in [-0.4, -0.2) is 36.0 Å². The van der Waals surface area contributed by atoms with Gasteiger partial charge in [-0.15, -0.1) is 0 Å². The first kappa shape index (κ1) is 17.9. The molecule has 0 aromatic heterocycles. The molecule has 1 atom stereocenters. The fourth-order valence-corrected chi connectivity index (χ4v) is 3.09. The molecule has 2 aromatic carbocycles. The van der Waals surface area contributed by atoms with Gasteiger partial charge in [-0.05, 0) is 30.7 Å². The second-order valence-electron chi connectivity index (χ2n) is 6.33. The number of halogens is 1. The van der Waals surface area contributed by atoms with E-state index in [-0.39, 0.29) is 30.2 Å². The molecule has 0 bridgehead atoms. The van der Waals surface area contributed by atoms with Crippen molar-refractivity contribution in [1.29, 1.82) is 0 Å². The molecule has 0 saturated carbocycles. The van der Waals surface area contributed by atoms with Crippen LogP contribution in [0.5, 0.6) is 0 Å². The van der Waals surface area contributed by atoms with Crippen LogP contribution in [0.15, 0.2) is 54.6 Å². The number of hydrogen-bond acceptors (Lipinski definition) is 2. The zero-order valence-electron chi connectivity index (χ0n) is 14.7. The molecule has 6 heteroatoms. The van der Waals surface area contributed by atoms with Crippen LogP contribution in [0, 0.1) is 5.82 Å². The second kappa shape index (κ2) is 7.99. The van der Waals surface area contributed by atoms with Crippen LogP contribution < -0.4 is 10.2 Å².